The molecule has 1 heteroatoms. The highest BCUT2D eigenvalue weighted by Crippen LogP contribution is 2.26. The minimum atomic E-state index is 0.715. The molecule has 20 heavy (non-hydrogen) atoms. The van der Waals surface area contributed by atoms with Gasteiger partial charge in [-0.15, -0.1) is 0 Å². The smallest absolute Gasteiger partial charge is 0.0277 e. The van der Waals surface area contributed by atoms with Crippen LogP contribution in [0.3, 0.4) is 0 Å². The molecule has 0 aromatic carbocycles. The maximum absolute atomic E-state index is 4.11. The lowest BCUT2D eigenvalue weighted by molar-refractivity contribution is 0.465. The molecule has 0 aromatic heterocycles. The summed E-state index contributed by atoms with van der Waals surface area (Å²) in [7, 11) is 1.84. The third kappa shape index (κ3) is 10.00. The molecule has 0 rings (SSSR count). The molecule has 0 spiro atoms. The second-order valence-corrected chi connectivity index (χ2v) is 5.62. The number of hydrogen-bond acceptors (Lipinski definition) is 1. The zero-order valence-electron chi connectivity index (χ0n) is 14.2. The fourth-order valence-electron chi connectivity index (χ4n) is 2.62. The van der Waals surface area contributed by atoms with Crippen molar-refractivity contribution in [2.45, 2.75) is 78.6 Å². The number of unbranched alkanes of at least 4 members (excludes halogenated alkanes) is 5. The predicted octanol–water partition coefficient (Wildman–Crippen LogP) is 6.36. The van der Waals surface area contributed by atoms with Crippen molar-refractivity contribution >= 4 is 6.21 Å². The van der Waals surface area contributed by atoms with Crippen LogP contribution in [0, 0.1) is 5.92 Å². The highest BCUT2D eigenvalue weighted by atomic mass is 14.6. The number of aliphatic imine (C=N–C) groups is 1. The summed E-state index contributed by atoms with van der Waals surface area (Å²) in [4.78, 5) is 4.11. The summed E-state index contributed by atoms with van der Waals surface area (Å²) in [5, 5.41) is 0. The molecule has 0 saturated carbocycles. The summed E-state index contributed by atoms with van der Waals surface area (Å²) in [6.07, 6.45) is 20.7. The Hall–Kier alpha value is -0.850. The van der Waals surface area contributed by atoms with Gasteiger partial charge in [0.1, 0.15) is 0 Å². The first-order valence-electron chi connectivity index (χ1n) is 8.55. The molecule has 0 fully saturated rings. The first kappa shape index (κ1) is 19.1. The molecule has 0 aromatic rings. The first-order valence-corrected chi connectivity index (χ1v) is 8.55. The highest BCUT2D eigenvalue weighted by Gasteiger charge is 2.11. The lowest BCUT2D eigenvalue weighted by atomic mass is 9.87. The third-order valence-electron chi connectivity index (χ3n) is 3.81. The van der Waals surface area contributed by atoms with Crippen molar-refractivity contribution < 1.29 is 0 Å². The van der Waals surface area contributed by atoms with E-state index in [4.69, 9.17) is 0 Å². The Morgan fingerprint density at radius 2 is 1.55 bits per heavy atom. The number of rotatable bonds is 12. The van der Waals surface area contributed by atoms with E-state index in [1.54, 1.807) is 0 Å². The Bertz CT molecular complexity index is 286. The maximum atomic E-state index is 4.11. The molecule has 0 heterocycles. The van der Waals surface area contributed by atoms with Gasteiger partial charge in [-0.3, -0.25) is 4.99 Å². The fourth-order valence-corrected chi connectivity index (χ4v) is 2.62. The molecule has 1 nitrogen and oxygen atoms in total. The first-order chi connectivity index (χ1) is 9.79. The molecule has 0 N–H and O–H groups in total. The van der Waals surface area contributed by atoms with Crippen molar-refractivity contribution in [3.05, 3.63) is 23.8 Å². The van der Waals surface area contributed by atoms with Gasteiger partial charge < -0.3 is 0 Å². The molecule has 0 aliphatic heterocycles. The largest absolute Gasteiger partial charge is 0.297 e. The lowest BCUT2D eigenvalue weighted by Gasteiger charge is -2.18. The fraction of sp³-hybridized carbons (Fsp3) is 0.737. The van der Waals surface area contributed by atoms with E-state index in [1.807, 2.05) is 13.3 Å². The molecule has 116 valence electrons. The van der Waals surface area contributed by atoms with Crippen LogP contribution in [0.15, 0.2) is 28.8 Å². The summed E-state index contributed by atoms with van der Waals surface area (Å²) < 4.78 is 0. The van der Waals surface area contributed by atoms with Gasteiger partial charge in [-0.2, -0.15) is 0 Å². The van der Waals surface area contributed by atoms with E-state index in [0.717, 1.165) is 0 Å². The van der Waals surface area contributed by atoms with Crippen LogP contribution < -0.4 is 0 Å². The monoisotopic (exact) mass is 277 g/mol. The Labute approximate surface area is 127 Å². The molecule has 0 aliphatic rings. The van der Waals surface area contributed by atoms with E-state index in [0.29, 0.717) is 5.92 Å². The molecule has 0 aliphatic carbocycles. The summed E-state index contributed by atoms with van der Waals surface area (Å²) in [6.45, 7) is 6.67. The van der Waals surface area contributed by atoms with Gasteiger partial charge in [0.15, 0.2) is 0 Å². The minimum Gasteiger partial charge on any atom is -0.297 e. The molecule has 0 bridgehead atoms. The van der Waals surface area contributed by atoms with Gasteiger partial charge in [0, 0.05) is 13.3 Å². The second kappa shape index (κ2) is 14.6. The van der Waals surface area contributed by atoms with E-state index < -0.39 is 0 Å². The van der Waals surface area contributed by atoms with Crippen LogP contribution in [0.5, 0.6) is 0 Å². The van der Waals surface area contributed by atoms with Crippen molar-refractivity contribution in [3.8, 4) is 0 Å². The zero-order valence-corrected chi connectivity index (χ0v) is 14.2. The van der Waals surface area contributed by atoms with Crippen molar-refractivity contribution in [3.63, 3.8) is 0 Å². The molecule has 1 unspecified atom stereocenters. The zero-order chi connectivity index (χ0) is 15.1. The standard InChI is InChI=1S/C19H35N/c1-5-8-10-12-15-19(14-11-9-6-2)18(13-7-3)16-17-20-4/h7,13,16-17,19H,5-6,8-12,14-15H2,1-4H3/b13-7-,18-16+,20-17?. The molecular weight excluding hydrogens is 242 g/mol. The number of nitrogens with zero attached hydrogens (tertiary/aromatic N) is 1. The van der Waals surface area contributed by atoms with E-state index in [2.05, 4.69) is 44.0 Å². The van der Waals surface area contributed by atoms with Crippen molar-refractivity contribution in [1.29, 1.82) is 0 Å². The molecule has 0 radical (unpaired) electrons. The van der Waals surface area contributed by atoms with Gasteiger partial charge in [-0.1, -0.05) is 70.9 Å². The summed E-state index contributed by atoms with van der Waals surface area (Å²) in [5.74, 6) is 0.715. The van der Waals surface area contributed by atoms with E-state index in [1.165, 1.54) is 63.4 Å². The van der Waals surface area contributed by atoms with Gasteiger partial charge in [0.25, 0.3) is 0 Å². The Morgan fingerprint density at radius 1 is 0.950 bits per heavy atom. The van der Waals surface area contributed by atoms with Crippen molar-refractivity contribution in [2.75, 3.05) is 7.05 Å². The van der Waals surface area contributed by atoms with Crippen LogP contribution in [0.2, 0.25) is 0 Å². The van der Waals surface area contributed by atoms with E-state index in [9.17, 15) is 0 Å². The average Bonchev–Trinajstić information content (AvgIpc) is 2.46. The topological polar surface area (TPSA) is 12.4 Å². The minimum absolute atomic E-state index is 0.715. The summed E-state index contributed by atoms with van der Waals surface area (Å²) >= 11 is 0. The van der Waals surface area contributed by atoms with Crippen LogP contribution in [0.4, 0.5) is 0 Å². The number of hydrogen-bond donors (Lipinski definition) is 0. The van der Waals surface area contributed by atoms with Gasteiger partial charge in [-0.25, -0.2) is 0 Å². The number of allylic oxidation sites excluding steroid dienone is 4. The molecule has 0 saturated heterocycles. The maximum Gasteiger partial charge on any atom is 0.0277 e. The summed E-state index contributed by atoms with van der Waals surface area (Å²) in [6, 6.07) is 0. The van der Waals surface area contributed by atoms with Crippen LogP contribution in [0.25, 0.3) is 0 Å². The Kier molecular flexibility index (Phi) is 13.9. The van der Waals surface area contributed by atoms with Crippen LogP contribution in [0.1, 0.15) is 78.6 Å². The van der Waals surface area contributed by atoms with Gasteiger partial charge >= 0.3 is 0 Å². The van der Waals surface area contributed by atoms with E-state index >= 15 is 0 Å². The SMILES string of the molecule is C/C=C\C(=C/C=NC)C(CCCCC)CCCCCC. The molecular formula is C19H35N. The van der Waals surface area contributed by atoms with Crippen molar-refractivity contribution in [2.24, 2.45) is 10.9 Å². The van der Waals surface area contributed by atoms with Crippen LogP contribution in [-0.4, -0.2) is 13.3 Å². The van der Waals surface area contributed by atoms with Gasteiger partial charge in [-0.05, 0) is 37.3 Å². The Morgan fingerprint density at radius 3 is 2.10 bits per heavy atom. The quantitative estimate of drug-likeness (QED) is 0.224. The molecule has 0 amide bonds. The van der Waals surface area contributed by atoms with Gasteiger partial charge in [0.2, 0.25) is 0 Å². The average molecular weight is 277 g/mol. The van der Waals surface area contributed by atoms with Crippen molar-refractivity contribution in [1.82, 2.24) is 0 Å². The van der Waals surface area contributed by atoms with Crippen LogP contribution in [-0.2, 0) is 0 Å². The van der Waals surface area contributed by atoms with E-state index in [-0.39, 0.29) is 0 Å². The molecule has 1 atom stereocenters. The lowest BCUT2D eigenvalue weighted by Crippen LogP contribution is -2.04. The second-order valence-electron chi connectivity index (χ2n) is 5.62. The van der Waals surface area contributed by atoms with Crippen LogP contribution >= 0.6 is 0 Å². The highest BCUT2D eigenvalue weighted by molar-refractivity contribution is 5.73. The summed E-state index contributed by atoms with van der Waals surface area (Å²) in [5.41, 5.74) is 1.46. The normalized spacial score (nSPS) is 14.5. The third-order valence-corrected chi connectivity index (χ3v) is 3.81. The van der Waals surface area contributed by atoms with Gasteiger partial charge in [0.05, 0.1) is 0 Å². The predicted molar refractivity (Wildman–Crippen MR) is 93.7 cm³/mol. The Balaban J connectivity index is 4.57.